The van der Waals surface area contributed by atoms with Crippen molar-refractivity contribution < 1.29 is 4.74 Å². The van der Waals surface area contributed by atoms with Gasteiger partial charge in [0, 0.05) is 17.1 Å². The van der Waals surface area contributed by atoms with Gasteiger partial charge in [-0.05, 0) is 38.8 Å². The van der Waals surface area contributed by atoms with Crippen molar-refractivity contribution in [3.8, 4) is 5.75 Å². The van der Waals surface area contributed by atoms with E-state index in [-0.39, 0.29) is 0 Å². The first kappa shape index (κ1) is 13.7. The lowest BCUT2D eigenvalue weighted by Crippen LogP contribution is -2.02. The Balaban J connectivity index is 2.50. The second-order valence-electron chi connectivity index (χ2n) is 4.54. The molecule has 3 N–H and O–H groups in total. The van der Waals surface area contributed by atoms with Crippen LogP contribution < -0.4 is 10.5 Å². The SMILES string of the molecule is CC=CCc1ccc2c(CCN)c[nH]c2c1OCC. The molecule has 0 amide bonds. The minimum atomic E-state index is 0.664. The number of benzene rings is 1. The summed E-state index contributed by atoms with van der Waals surface area (Å²) in [6.07, 6.45) is 8.04. The van der Waals surface area contributed by atoms with Crippen molar-refractivity contribution in [1.29, 1.82) is 0 Å². The number of fused-ring (bicyclic) bond motifs is 1. The molecule has 0 aliphatic rings. The molecule has 2 aromatic rings. The van der Waals surface area contributed by atoms with Gasteiger partial charge < -0.3 is 15.5 Å². The fraction of sp³-hybridized carbons (Fsp3) is 0.375. The normalized spacial score (nSPS) is 11.5. The lowest BCUT2D eigenvalue weighted by molar-refractivity contribution is 0.341. The number of hydrogen-bond acceptors (Lipinski definition) is 2. The molecule has 3 heteroatoms. The van der Waals surface area contributed by atoms with Crippen molar-refractivity contribution in [2.24, 2.45) is 5.73 Å². The van der Waals surface area contributed by atoms with E-state index in [9.17, 15) is 0 Å². The van der Waals surface area contributed by atoms with Gasteiger partial charge in [0.25, 0.3) is 0 Å². The van der Waals surface area contributed by atoms with E-state index in [4.69, 9.17) is 10.5 Å². The van der Waals surface area contributed by atoms with E-state index in [2.05, 4.69) is 29.3 Å². The molecule has 0 spiro atoms. The summed E-state index contributed by atoms with van der Waals surface area (Å²) in [7, 11) is 0. The standard InChI is InChI=1S/C16H22N2O/c1-3-5-6-12-7-8-14-13(9-10-17)11-18-15(14)16(12)19-4-2/h3,5,7-8,11,18H,4,6,9-10,17H2,1-2H3. The van der Waals surface area contributed by atoms with Gasteiger partial charge in [-0.2, -0.15) is 0 Å². The van der Waals surface area contributed by atoms with Crippen LogP contribution in [0, 0.1) is 0 Å². The van der Waals surface area contributed by atoms with Crippen LogP contribution in [0.1, 0.15) is 25.0 Å². The van der Waals surface area contributed by atoms with Crippen molar-refractivity contribution in [3.63, 3.8) is 0 Å². The summed E-state index contributed by atoms with van der Waals surface area (Å²) < 4.78 is 5.84. The fourth-order valence-corrected chi connectivity index (χ4v) is 2.35. The molecule has 3 nitrogen and oxygen atoms in total. The van der Waals surface area contributed by atoms with Crippen molar-refractivity contribution >= 4 is 10.9 Å². The monoisotopic (exact) mass is 258 g/mol. The van der Waals surface area contributed by atoms with Gasteiger partial charge in [-0.1, -0.05) is 24.3 Å². The maximum absolute atomic E-state index is 5.84. The molecule has 102 valence electrons. The zero-order chi connectivity index (χ0) is 13.7. The summed E-state index contributed by atoms with van der Waals surface area (Å²) >= 11 is 0. The van der Waals surface area contributed by atoms with Gasteiger partial charge in [-0.25, -0.2) is 0 Å². The molecule has 19 heavy (non-hydrogen) atoms. The number of rotatable bonds is 6. The van der Waals surface area contributed by atoms with E-state index in [1.54, 1.807) is 0 Å². The fourth-order valence-electron chi connectivity index (χ4n) is 2.35. The van der Waals surface area contributed by atoms with Gasteiger partial charge in [0.15, 0.2) is 0 Å². The minimum absolute atomic E-state index is 0.664. The molecule has 1 aromatic carbocycles. The zero-order valence-corrected chi connectivity index (χ0v) is 11.7. The van der Waals surface area contributed by atoms with Crippen LogP contribution in [0.5, 0.6) is 5.75 Å². The second kappa shape index (κ2) is 6.43. The van der Waals surface area contributed by atoms with E-state index in [1.807, 2.05) is 20.0 Å². The van der Waals surface area contributed by atoms with Crippen LogP contribution in [0.4, 0.5) is 0 Å². The molecule has 0 bridgehead atoms. The van der Waals surface area contributed by atoms with Crippen molar-refractivity contribution in [2.45, 2.75) is 26.7 Å². The highest BCUT2D eigenvalue weighted by atomic mass is 16.5. The maximum Gasteiger partial charge on any atom is 0.146 e. The molecule has 2 rings (SSSR count). The predicted molar refractivity (Wildman–Crippen MR) is 80.7 cm³/mol. The Morgan fingerprint density at radius 1 is 1.32 bits per heavy atom. The second-order valence-corrected chi connectivity index (χ2v) is 4.54. The van der Waals surface area contributed by atoms with Gasteiger partial charge in [0.05, 0.1) is 12.1 Å². The summed E-state index contributed by atoms with van der Waals surface area (Å²) in [5.41, 5.74) is 9.22. The highest BCUT2D eigenvalue weighted by Gasteiger charge is 2.12. The number of aromatic nitrogens is 1. The highest BCUT2D eigenvalue weighted by Crippen LogP contribution is 2.32. The number of nitrogens with one attached hydrogen (secondary N) is 1. The third-order valence-electron chi connectivity index (χ3n) is 3.25. The average Bonchev–Trinajstić information content (AvgIpc) is 2.82. The van der Waals surface area contributed by atoms with E-state index < -0.39 is 0 Å². The predicted octanol–water partition coefficient (Wildman–Crippen LogP) is 3.19. The minimum Gasteiger partial charge on any atom is -0.491 e. The molecule has 0 atom stereocenters. The summed E-state index contributed by atoms with van der Waals surface area (Å²) in [5.74, 6) is 0.973. The van der Waals surface area contributed by atoms with Crippen LogP contribution >= 0.6 is 0 Å². The lowest BCUT2D eigenvalue weighted by atomic mass is 10.0. The van der Waals surface area contributed by atoms with Gasteiger partial charge >= 0.3 is 0 Å². The first-order chi connectivity index (χ1) is 9.31. The first-order valence-corrected chi connectivity index (χ1v) is 6.87. The third kappa shape index (κ3) is 2.82. The van der Waals surface area contributed by atoms with Crippen LogP contribution in [-0.4, -0.2) is 18.1 Å². The van der Waals surface area contributed by atoms with E-state index in [1.165, 1.54) is 16.5 Å². The number of ether oxygens (including phenoxy) is 1. The molecule has 0 saturated heterocycles. The summed E-state index contributed by atoms with van der Waals surface area (Å²) in [4.78, 5) is 3.34. The number of hydrogen-bond donors (Lipinski definition) is 2. The molecule has 1 aromatic heterocycles. The Morgan fingerprint density at radius 2 is 2.16 bits per heavy atom. The Bertz CT molecular complexity index is 569. The molecule has 0 saturated carbocycles. The molecular weight excluding hydrogens is 236 g/mol. The number of allylic oxidation sites excluding steroid dienone is 2. The number of nitrogens with two attached hydrogens (primary N) is 1. The molecule has 0 aliphatic heterocycles. The molecule has 0 aliphatic carbocycles. The van der Waals surface area contributed by atoms with Crippen molar-refractivity contribution in [2.75, 3.05) is 13.2 Å². The van der Waals surface area contributed by atoms with Crippen LogP contribution in [0.15, 0.2) is 30.5 Å². The Labute approximate surface area is 114 Å². The van der Waals surface area contributed by atoms with Gasteiger partial charge in [-0.3, -0.25) is 0 Å². The largest absolute Gasteiger partial charge is 0.491 e. The van der Waals surface area contributed by atoms with E-state index >= 15 is 0 Å². The highest BCUT2D eigenvalue weighted by molar-refractivity contribution is 5.89. The van der Waals surface area contributed by atoms with Crippen LogP contribution in [0.25, 0.3) is 10.9 Å². The Hall–Kier alpha value is -1.74. The summed E-state index contributed by atoms with van der Waals surface area (Å²) in [6, 6.07) is 4.32. The lowest BCUT2D eigenvalue weighted by Gasteiger charge is -2.10. The van der Waals surface area contributed by atoms with Crippen LogP contribution in [-0.2, 0) is 12.8 Å². The molecule has 0 radical (unpaired) electrons. The Morgan fingerprint density at radius 3 is 2.84 bits per heavy atom. The quantitative estimate of drug-likeness (QED) is 0.782. The number of H-pyrrole nitrogens is 1. The maximum atomic E-state index is 5.84. The van der Waals surface area contributed by atoms with Gasteiger partial charge in [0.2, 0.25) is 0 Å². The molecule has 0 fully saturated rings. The van der Waals surface area contributed by atoms with Crippen LogP contribution in [0.2, 0.25) is 0 Å². The van der Waals surface area contributed by atoms with Crippen molar-refractivity contribution in [3.05, 3.63) is 41.6 Å². The third-order valence-corrected chi connectivity index (χ3v) is 3.25. The Kier molecular flexibility index (Phi) is 4.63. The van der Waals surface area contributed by atoms with Gasteiger partial charge in [0.1, 0.15) is 5.75 Å². The smallest absolute Gasteiger partial charge is 0.146 e. The molecule has 0 unspecified atom stereocenters. The summed E-state index contributed by atoms with van der Waals surface area (Å²) in [6.45, 7) is 5.39. The molecule has 1 heterocycles. The van der Waals surface area contributed by atoms with E-state index in [0.717, 1.165) is 24.1 Å². The van der Waals surface area contributed by atoms with Crippen LogP contribution in [0.3, 0.4) is 0 Å². The number of aromatic amines is 1. The van der Waals surface area contributed by atoms with Crippen molar-refractivity contribution in [1.82, 2.24) is 4.98 Å². The molecular formula is C16H22N2O. The first-order valence-electron chi connectivity index (χ1n) is 6.87. The summed E-state index contributed by atoms with van der Waals surface area (Å²) in [5, 5.41) is 1.22. The van der Waals surface area contributed by atoms with Gasteiger partial charge in [-0.15, -0.1) is 0 Å². The topological polar surface area (TPSA) is 51.0 Å². The average molecular weight is 258 g/mol. The van der Waals surface area contributed by atoms with E-state index in [0.29, 0.717) is 13.2 Å². The zero-order valence-electron chi connectivity index (χ0n) is 11.7.